The van der Waals surface area contributed by atoms with Gasteiger partial charge in [0.25, 0.3) is 5.91 Å². The summed E-state index contributed by atoms with van der Waals surface area (Å²) in [6.45, 7) is 5.40. The molecule has 6 nitrogen and oxygen atoms in total. The molecule has 1 amide bonds. The Balaban J connectivity index is 0.00000280. The fourth-order valence-corrected chi connectivity index (χ4v) is 3.24. The Morgan fingerprint density at radius 1 is 1.18 bits per heavy atom. The van der Waals surface area contributed by atoms with E-state index in [1.54, 1.807) is 6.26 Å². The molecule has 1 aliphatic rings. The minimum atomic E-state index is -0.109. The van der Waals surface area contributed by atoms with Gasteiger partial charge in [0.1, 0.15) is 5.76 Å². The number of halogens is 1. The number of nitrogens with zero attached hydrogens (tertiary/aromatic N) is 2. The molecule has 1 fully saturated rings. The SMILES string of the molecule is CN=C(NCc1cccc(C(=O)NCc2ccco2)c1)N1CCC(C)CC1.I. The fourth-order valence-electron chi connectivity index (χ4n) is 3.24. The standard InChI is InChI=1S/C21H28N4O2.HI/c1-16-8-10-25(11-9-16)21(22-2)24-14-17-5-3-6-18(13-17)20(26)23-15-19-7-4-12-27-19;/h3-7,12-13,16H,8-11,14-15H2,1-2H3,(H,22,24)(H,23,26);1H. The van der Waals surface area contributed by atoms with E-state index in [9.17, 15) is 4.79 Å². The van der Waals surface area contributed by atoms with Crippen LogP contribution in [0.25, 0.3) is 0 Å². The second-order valence-electron chi connectivity index (χ2n) is 7.03. The number of likely N-dealkylation sites (tertiary alicyclic amines) is 1. The number of rotatable bonds is 5. The molecule has 0 bridgehead atoms. The van der Waals surface area contributed by atoms with E-state index < -0.39 is 0 Å². The lowest BCUT2D eigenvalue weighted by molar-refractivity contribution is 0.0948. The van der Waals surface area contributed by atoms with Crippen molar-refractivity contribution in [2.24, 2.45) is 10.9 Å². The second-order valence-corrected chi connectivity index (χ2v) is 7.03. The lowest BCUT2D eigenvalue weighted by Crippen LogP contribution is -2.45. The number of hydrogen-bond acceptors (Lipinski definition) is 3. The molecule has 0 aliphatic carbocycles. The van der Waals surface area contributed by atoms with Crippen LogP contribution >= 0.6 is 24.0 Å². The van der Waals surface area contributed by atoms with Gasteiger partial charge in [0.15, 0.2) is 5.96 Å². The highest BCUT2D eigenvalue weighted by atomic mass is 127. The molecule has 2 N–H and O–H groups in total. The summed E-state index contributed by atoms with van der Waals surface area (Å²) in [5.41, 5.74) is 1.69. The van der Waals surface area contributed by atoms with Gasteiger partial charge < -0.3 is 20.0 Å². The van der Waals surface area contributed by atoms with E-state index in [2.05, 4.69) is 27.4 Å². The second kappa shape index (κ2) is 11.1. The van der Waals surface area contributed by atoms with Crippen LogP contribution in [0.15, 0.2) is 52.1 Å². The van der Waals surface area contributed by atoms with Crippen LogP contribution in [0.1, 0.15) is 41.4 Å². The first-order valence-corrected chi connectivity index (χ1v) is 9.51. The van der Waals surface area contributed by atoms with Crippen LogP contribution in [-0.2, 0) is 13.1 Å². The first-order chi connectivity index (χ1) is 13.2. The predicted molar refractivity (Wildman–Crippen MR) is 122 cm³/mol. The van der Waals surface area contributed by atoms with Crippen molar-refractivity contribution in [1.82, 2.24) is 15.5 Å². The van der Waals surface area contributed by atoms with Gasteiger partial charge in [0.2, 0.25) is 0 Å². The highest BCUT2D eigenvalue weighted by molar-refractivity contribution is 14.0. The van der Waals surface area contributed by atoms with E-state index in [1.807, 2.05) is 43.4 Å². The van der Waals surface area contributed by atoms with Gasteiger partial charge >= 0.3 is 0 Å². The third kappa shape index (κ3) is 6.25. The Bertz CT molecular complexity index is 768. The number of nitrogens with one attached hydrogen (secondary N) is 2. The van der Waals surface area contributed by atoms with Crippen molar-refractivity contribution in [3.8, 4) is 0 Å². The summed E-state index contributed by atoms with van der Waals surface area (Å²) in [6.07, 6.45) is 4.00. The third-order valence-electron chi connectivity index (χ3n) is 4.94. The molecule has 7 heteroatoms. The molecule has 2 aromatic rings. The summed E-state index contributed by atoms with van der Waals surface area (Å²) in [6, 6.07) is 11.3. The van der Waals surface area contributed by atoms with Crippen LogP contribution in [0.3, 0.4) is 0 Å². The minimum absolute atomic E-state index is 0. The average molecular weight is 496 g/mol. The molecule has 0 unspecified atom stereocenters. The fraction of sp³-hybridized carbons (Fsp3) is 0.429. The number of guanidine groups is 1. The molecule has 2 heterocycles. The van der Waals surface area contributed by atoms with E-state index >= 15 is 0 Å². The molecular formula is C21H29IN4O2. The van der Waals surface area contributed by atoms with Crippen LogP contribution in [0.4, 0.5) is 0 Å². The highest BCUT2D eigenvalue weighted by Crippen LogP contribution is 2.16. The monoisotopic (exact) mass is 496 g/mol. The van der Waals surface area contributed by atoms with Crippen LogP contribution < -0.4 is 10.6 Å². The lowest BCUT2D eigenvalue weighted by atomic mass is 9.99. The summed E-state index contributed by atoms with van der Waals surface area (Å²) in [4.78, 5) is 19.1. The molecule has 1 aromatic carbocycles. The molecule has 3 rings (SSSR count). The number of furan rings is 1. The highest BCUT2D eigenvalue weighted by Gasteiger charge is 2.18. The minimum Gasteiger partial charge on any atom is -0.467 e. The van der Waals surface area contributed by atoms with E-state index in [4.69, 9.17) is 4.42 Å². The number of hydrogen-bond donors (Lipinski definition) is 2. The maximum Gasteiger partial charge on any atom is 0.251 e. The maximum absolute atomic E-state index is 12.4. The Kier molecular flexibility index (Phi) is 8.82. The maximum atomic E-state index is 12.4. The van der Waals surface area contributed by atoms with Crippen molar-refractivity contribution in [3.05, 3.63) is 59.5 Å². The molecule has 28 heavy (non-hydrogen) atoms. The number of carbonyl (C=O) groups excluding carboxylic acids is 1. The van der Waals surface area contributed by atoms with Crippen molar-refractivity contribution in [1.29, 1.82) is 0 Å². The number of carbonyl (C=O) groups is 1. The molecule has 1 aliphatic heterocycles. The summed E-state index contributed by atoms with van der Waals surface area (Å²) in [5, 5.41) is 6.30. The predicted octanol–water partition coefficient (Wildman–Crippen LogP) is 3.63. The van der Waals surface area contributed by atoms with Crippen molar-refractivity contribution in [3.63, 3.8) is 0 Å². The molecular weight excluding hydrogens is 467 g/mol. The molecule has 0 spiro atoms. The van der Waals surface area contributed by atoms with Gasteiger partial charge in [-0.15, -0.1) is 24.0 Å². The zero-order chi connectivity index (χ0) is 19.1. The Hall–Kier alpha value is -2.03. The van der Waals surface area contributed by atoms with Gasteiger partial charge in [-0.1, -0.05) is 19.1 Å². The summed E-state index contributed by atoms with van der Waals surface area (Å²) >= 11 is 0. The van der Waals surface area contributed by atoms with Crippen LogP contribution in [-0.4, -0.2) is 36.9 Å². The van der Waals surface area contributed by atoms with Gasteiger partial charge in [-0.2, -0.15) is 0 Å². The number of aliphatic imine (C=N–C) groups is 1. The van der Waals surface area contributed by atoms with Crippen LogP contribution in [0, 0.1) is 5.92 Å². The van der Waals surface area contributed by atoms with E-state index in [0.717, 1.165) is 36.3 Å². The zero-order valence-corrected chi connectivity index (χ0v) is 18.8. The molecule has 1 saturated heterocycles. The first kappa shape index (κ1) is 22.3. The molecule has 1 aromatic heterocycles. The number of amides is 1. The summed E-state index contributed by atoms with van der Waals surface area (Å²) in [5.74, 6) is 2.34. The van der Waals surface area contributed by atoms with E-state index in [0.29, 0.717) is 18.7 Å². The molecule has 0 saturated carbocycles. The van der Waals surface area contributed by atoms with Gasteiger partial charge in [-0.3, -0.25) is 9.79 Å². The van der Waals surface area contributed by atoms with Gasteiger partial charge in [0.05, 0.1) is 12.8 Å². The summed E-state index contributed by atoms with van der Waals surface area (Å²) < 4.78 is 5.24. The number of benzene rings is 1. The third-order valence-corrected chi connectivity index (χ3v) is 4.94. The smallest absolute Gasteiger partial charge is 0.251 e. The van der Waals surface area contributed by atoms with Gasteiger partial charge in [-0.25, -0.2) is 0 Å². The molecule has 0 atom stereocenters. The zero-order valence-electron chi connectivity index (χ0n) is 16.5. The normalized spacial score (nSPS) is 15.1. The van der Waals surface area contributed by atoms with Crippen molar-refractivity contribution >= 4 is 35.8 Å². The van der Waals surface area contributed by atoms with Gasteiger partial charge in [0, 0.05) is 32.2 Å². The van der Waals surface area contributed by atoms with Crippen LogP contribution in [0.5, 0.6) is 0 Å². The Morgan fingerprint density at radius 3 is 2.64 bits per heavy atom. The van der Waals surface area contributed by atoms with Gasteiger partial charge in [-0.05, 0) is 48.6 Å². The molecule has 0 radical (unpaired) electrons. The van der Waals surface area contributed by atoms with Crippen LogP contribution in [0.2, 0.25) is 0 Å². The Labute approximate surface area is 183 Å². The molecule has 152 valence electrons. The topological polar surface area (TPSA) is 69.9 Å². The Morgan fingerprint density at radius 2 is 1.96 bits per heavy atom. The van der Waals surface area contributed by atoms with Crippen molar-refractivity contribution < 1.29 is 9.21 Å². The quantitative estimate of drug-likeness (QED) is 0.377. The number of piperidine rings is 1. The van der Waals surface area contributed by atoms with Crippen molar-refractivity contribution in [2.45, 2.75) is 32.9 Å². The van der Waals surface area contributed by atoms with Crippen molar-refractivity contribution in [2.75, 3.05) is 20.1 Å². The average Bonchev–Trinajstić information content (AvgIpc) is 3.22. The van der Waals surface area contributed by atoms with E-state index in [1.165, 1.54) is 12.8 Å². The summed E-state index contributed by atoms with van der Waals surface area (Å²) in [7, 11) is 1.82. The largest absolute Gasteiger partial charge is 0.467 e. The first-order valence-electron chi connectivity index (χ1n) is 9.51. The lowest BCUT2D eigenvalue weighted by Gasteiger charge is -2.32. The van der Waals surface area contributed by atoms with E-state index in [-0.39, 0.29) is 29.9 Å².